The van der Waals surface area contributed by atoms with Gasteiger partial charge in [0.15, 0.2) is 0 Å². The van der Waals surface area contributed by atoms with Gasteiger partial charge in [0.05, 0.1) is 17.1 Å². The van der Waals surface area contributed by atoms with Crippen LogP contribution in [-0.4, -0.2) is 43.9 Å². The fourth-order valence-electron chi connectivity index (χ4n) is 2.30. The third-order valence-corrected chi connectivity index (χ3v) is 5.63. The molecule has 27 heavy (non-hydrogen) atoms. The Morgan fingerprint density at radius 2 is 2.04 bits per heavy atom. The van der Waals surface area contributed by atoms with Crippen molar-refractivity contribution in [1.82, 2.24) is 4.31 Å². The number of nitrogens with one attached hydrogen (secondary N) is 1. The second-order valence-electron chi connectivity index (χ2n) is 5.65. The van der Waals surface area contributed by atoms with Crippen molar-refractivity contribution >= 4 is 21.6 Å². The minimum atomic E-state index is -3.84. The van der Waals surface area contributed by atoms with Gasteiger partial charge in [-0.1, -0.05) is 6.07 Å². The van der Waals surface area contributed by atoms with E-state index in [2.05, 4.69) is 10.2 Å². The van der Waals surface area contributed by atoms with Gasteiger partial charge in [-0.25, -0.2) is 19.4 Å². The summed E-state index contributed by atoms with van der Waals surface area (Å²) in [5, 5.41) is 11.5. The van der Waals surface area contributed by atoms with Crippen LogP contribution >= 0.6 is 0 Å². The Hall–Kier alpha value is -2.80. The van der Waals surface area contributed by atoms with Crippen LogP contribution in [0.4, 0.5) is 10.1 Å². The highest BCUT2D eigenvalue weighted by molar-refractivity contribution is 7.89. The monoisotopic (exact) mass is 391 g/mol. The lowest BCUT2D eigenvalue weighted by Gasteiger charge is -2.16. The second-order valence-corrected chi connectivity index (χ2v) is 7.70. The van der Waals surface area contributed by atoms with E-state index in [1.807, 2.05) is 0 Å². The number of hydrogen-bond donors (Lipinski definition) is 2. The van der Waals surface area contributed by atoms with Crippen molar-refractivity contribution in [3.63, 3.8) is 0 Å². The fraction of sp³-hybridized carbons (Fsp3) is 0.222. The van der Waals surface area contributed by atoms with E-state index in [0.29, 0.717) is 5.69 Å². The predicted molar refractivity (Wildman–Crippen MR) is 98.0 cm³/mol. The van der Waals surface area contributed by atoms with Gasteiger partial charge in [-0.3, -0.25) is 4.79 Å². The topological polar surface area (TPSA) is 91.1 Å². The van der Waals surface area contributed by atoms with Crippen LogP contribution in [0.5, 0.6) is 0 Å². The minimum Gasteiger partial charge on any atom is -0.395 e. The van der Waals surface area contributed by atoms with E-state index in [-0.39, 0.29) is 35.7 Å². The quantitative estimate of drug-likeness (QED) is 0.708. The highest BCUT2D eigenvalue weighted by Gasteiger charge is 2.21. The van der Waals surface area contributed by atoms with Crippen molar-refractivity contribution in [2.24, 2.45) is 0 Å². The number of carbonyl (C=O) groups excluding carboxylic acids is 1. The Morgan fingerprint density at radius 3 is 2.70 bits per heavy atom. The molecular weight excluding hydrogens is 373 g/mol. The van der Waals surface area contributed by atoms with Crippen LogP contribution < -0.4 is 5.32 Å². The van der Waals surface area contributed by atoms with Gasteiger partial charge in [0, 0.05) is 24.8 Å². The van der Waals surface area contributed by atoms with Crippen LogP contribution in [0.2, 0.25) is 0 Å². The molecule has 0 aromatic heterocycles. The molecular formula is C18H18FN3O4S. The molecule has 7 nitrogen and oxygen atoms in total. The number of halogens is 1. The summed E-state index contributed by atoms with van der Waals surface area (Å²) in [5.74, 6) is -1.11. The average Bonchev–Trinajstić information content (AvgIpc) is 2.65. The van der Waals surface area contributed by atoms with E-state index >= 15 is 0 Å². The molecule has 0 saturated carbocycles. The Morgan fingerprint density at radius 1 is 1.30 bits per heavy atom. The van der Waals surface area contributed by atoms with E-state index < -0.39 is 21.7 Å². The number of aliphatic hydroxyl groups excluding tert-OH is 1. The van der Waals surface area contributed by atoms with E-state index in [1.54, 1.807) is 0 Å². The number of nitrogens with zero attached hydrogens (tertiary/aromatic N) is 2. The molecule has 0 atom stereocenters. The molecule has 2 aromatic rings. The maximum Gasteiger partial charge on any atom is 0.255 e. The lowest BCUT2D eigenvalue weighted by Crippen LogP contribution is -2.29. The number of carbonyl (C=O) groups is 1. The SMILES string of the molecule is [C-]#[N+]Cc1cc(NC(=O)c2cccc(S(=O)(=O)N(C)CCO)c2)ccc1F. The standard InChI is InChI=1S/C18H18FN3O4S/c1-20-12-14-10-15(6-7-17(14)19)21-18(24)13-4-3-5-16(11-13)27(25,26)22(2)8-9-23/h3-7,10-11,23H,8-9,12H2,2H3,(H,21,24). The molecule has 0 aliphatic carbocycles. The van der Waals surface area contributed by atoms with Crippen LogP contribution in [0, 0.1) is 12.4 Å². The van der Waals surface area contributed by atoms with Gasteiger partial charge in [0.2, 0.25) is 16.6 Å². The lowest BCUT2D eigenvalue weighted by atomic mass is 10.1. The lowest BCUT2D eigenvalue weighted by molar-refractivity contribution is 0.102. The van der Waals surface area contributed by atoms with Gasteiger partial charge in [-0.2, -0.15) is 4.31 Å². The summed E-state index contributed by atoms with van der Waals surface area (Å²) in [6.07, 6.45) is 0. The zero-order chi connectivity index (χ0) is 20.0. The van der Waals surface area contributed by atoms with Crippen molar-refractivity contribution in [2.45, 2.75) is 11.4 Å². The smallest absolute Gasteiger partial charge is 0.255 e. The molecule has 142 valence electrons. The zero-order valence-corrected chi connectivity index (χ0v) is 15.3. The zero-order valence-electron chi connectivity index (χ0n) is 14.5. The van der Waals surface area contributed by atoms with Crippen molar-refractivity contribution in [2.75, 3.05) is 25.5 Å². The molecule has 0 radical (unpaired) electrons. The summed E-state index contributed by atoms with van der Waals surface area (Å²) >= 11 is 0. The molecule has 2 aromatic carbocycles. The van der Waals surface area contributed by atoms with Crippen LogP contribution in [-0.2, 0) is 16.6 Å². The fourth-order valence-corrected chi connectivity index (χ4v) is 3.51. The van der Waals surface area contributed by atoms with Crippen molar-refractivity contribution < 1.29 is 22.7 Å². The highest BCUT2D eigenvalue weighted by atomic mass is 32.2. The van der Waals surface area contributed by atoms with Crippen LogP contribution in [0.3, 0.4) is 0 Å². The van der Waals surface area contributed by atoms with Crippen LogP contribution in [0.25, 0.3) is 4.85 Å². The first-order chi connectivity index (χ1) is 12.8. The summed E-state index contributed by atoms with van der Waals surface area (Å²) in [6.45, 7) is 6.27. The molecule has 0 bridgehead atoms. The highest BCUT2D eigenvalue weighted by Crippen LogP contribution is 2.19. The van der Waals surface area contributed by atoms with Crippen LogP contribution in [0.1, 0.15) is 15.9 Å². The third-order valence-electron chi connectivity index (χ3n) is 3.77. The van der Waals surface area contributed by atoms with Crippen molar-refractivity contribution in [3.05, 3.63) is 70.8 Å². The molecule has 0 saturated heterocycles. The first-order valence-electron chi connectivity index (χ1n) is 7.90. The van der Waals surface area contributed by atoms with Gasteiger partial charge in [-0.05, 0) is 36.4 Å². The summed E-state index contributed by atoms with van der Waals surface area (Å²) in [6, 6.07) is 9.33. The molecule has 2 rings (SSSR count). The second kappa shape index (κ2) is 8.73. The molecule has 0 unspecified atom stereocenters. The Bertz CT molecular complexity index is 986. The van der Waals surface area contributed by atoms with E-state index in [9.17, 15) is 17.6 Å². The summed E-state index contributed by atoms with van der Waals surface area (Å²) in [7, 11) is -2.51. The number of benzene rings is 2. The summed E-state index contributed by atoms with van der Waals surface area (Å²) < 4.78 is 39.4. The minimum absolute atomic E-state index is 0.0713. The largest absolute Gasteiger partial charge is 0.395 e. The maximum absolute atomic E-state index is 13.6. The number of amides is 1. The van der Waals surface area contributed by atoms with Gasteiger partial charge < -0.3 is 15.3 Å². The molecule has 1 amide bonds. The number of rotatable bonds is 7. The molecule has 2 N–H and O–H groups in total. The third kappa shape index (κ3) is 4.89. The molecule has 0 aliphatic rings. The molecule has 0 spiro atoms. The van der Waals surface area contributed by atoms with Crippen molar-refractivity contribution in [3.8, 4) is 0 Å². The van der Waals surface area contributed by atoms with Crippen LogP contribution in [0.15, 0.2) is 47.4 Å². The number of sulfonamides is 1. The number of likely N-dealkylation sites (N-methyl/N-ethyl adjacent to an activating group) is 1. The number of hydrogen-bond acceptors (Lipinski definition) is 4. The number of aliphatic hydroxyl groups is 1. The van der Waals surface area contributed by atoms with E-state index in [0.717, 1.165) is 10.4 Å². The van der Waals surface area contributed by atoms with Gasteiger partial charge in [0.25, 0.3) is 5.91 Å². The average molecular weight is 391 g/mol. The molecule has 0 aliphatic heterocycles. The number of anilines is 1. The van der Waals surface area contributed by atoms with Gasteiger partial charge in [0.1, 0.15) is 5.82 Å². The Balaban J connectivity index is 2.26. The van der Waals surface area contributed by atoms with E-state index in [4.69, 9.17) is 11.7 Å². The summed E-state index contributed by atoms with van der Waals surface area (Å²) in [5.41, 5.74) is 0.556. The maximum atomic E-state index is 13.6. The molecule has 0 fully saturated rings. The van der Waals surface area contributed by atoms with E-state index in [1.165, 1.54) is 43.4 Å². The molecule has 0 heterocycles. The Kier molecular flexibility index (Phi) is 6.63. The summed E-state index contributed by atoms with van der Waals surface area (Å²) in [4.78, 5) is 15.5. The Labute approximate surface area is 156 Å². The van der Waals surface area contributed by atoms with Gasteiger partial charge in [-0.15, -0.1) is 0 Å². The molecule has 9 heteroatoms. The predicted octanol–water partition coefficient (Wildman–Crippen LogP) is 2.11. The first kappa shape index (κ1) is 20.5. The first-order valence-corrected chi connectivity index (χ1v) is 9.34. The normalized spacial score (nSPS) is 11.2. The van der Waals surface area contributed by atoms with Gasteiger partial charge >= 0.3 is 0 Å². The van der Waals surface area contributed by atoms with Crippen molar-refractivity contribution in [1.29, 1.82) is 0 Å².